The summed E-state index contributed by atoms with van der Waals surface area (Å²) in [6.07, 6.45) is 0. The highest BCUT2D eigenvalue weighted by Gasteiger charge is 2.17. The van der Waals surface area contributed by atoms with Crippen LogP contribution in [0.3, 0.4) is 0 Å². The largest absolute Gasteiger partial charge is 0.320 e. The van der Waals surface area contributed by atoms with E-state index in [1.54, 1.807) is 6.92 Å². The van der Waals surface area contributed by atoms with Crippen LogP contribution in [0.2, 0.25) is 0 Å². The van der Waals surface area contributed by atoms with E-state index < -0.39 is 6.04 Å². The molecule has 0 spiro atoms. The molecule has 82 valence electrons. The van der Waals surface area contributed by atoms with Gasteiger partial charge in [-0.3, -0.25) is 9.63 Å². The van der Waals surface area contributed by atoms with Crippen LogP contribution in [0.15, 0.2) is 30.3 Å². The van der Waals surface area contributed by atoms with Crippen LogP contribution < -0.4 is 5.73 Å². The van der Waals surface area contributed by atoms with Gasteiger partial charge in [0.25, 0.3) is 5.91 Å². The summed E-state index contributed by atoms with van der Waals surface area (Å²) in [6.45, 7) is 2.05. The maximum atomic E-state index is 11.6. The van der Waals surface area contributed by atoms with Gasteiger partial charge in [0.05, 0.1) is 19.7 Å². The molecule has 0 aliphatic carbocycles. The van der Waals surface area contributed by atoms with E-state index in [2.05, 4.69) is 0 Å². The summed E-state index contributed by atoms with van der Waals surface area (Å²) in [7, 11) is 1.46. The average Bonchev–Trinajstić information content (AvgIpc) is 2.26. The zero-order valence-electron chi connectivity index (χ0n) is 9.01. The minimum Gasteiger partial charge on any atom is -0.320 e. The maximum absolute atomic E-state index is 11.6. The smallest absolute Gasteiger partial charge is 0.263 e. The number of rotatable bonds is 4. The molecule has 0 aliphatic heterocycles. The van der Waals surface area contributed by atoms with Crippen LogP contribution >= 0.6 is 0 Å². The van der Waals surface area contributed by atoms with Gasteiger partial charge >= 0.3 is 0 Å². The molecule has 0 heterocycles. The lowest BCUT2D eigenvalue weighted by Gasteiger charge is -2.21. The number of benzene rings is 1. The standard InChI is InChI=1S/C11H16N2O2/c1-9(12)11(14)13(15-2)8-10-6-4-3-5-7-10/h3-7,9H,8,12H2,1-2H3/t9-/m1/s1. The van der Waals surface area contributed by atoms with Crippen molar-refractivity contribution in [3.63, 3.8) is 0 Å². The fourth-order valence-electron chi connectivity index (χ4n) is 1.21. The third-order valence-electron chi connectivity index (χ3n) is 2.02. The summed E-state index contributed by atoms with van der Waals surface area (Å²) in [4.78, 5) is 16.5. The third kappa shape index (κ3) is 3.34. The highest BCUT2D eigenvalue weighted by Crippen LogP contribution is 2.05. The van der Waals surface area contributed by atoms with Gasteiger partial charge < -0.3 is 5.73 Å². The topological polar surface area (TPSA) is 55.6 Å². The molecule has 0 fully saturated rings. The van der Waals surface area contributed by atoms with Gasteiger partial charge in [-0.05, 0) is 12.5 Å². The van der Waals surface area contributed by atoms with Crippen molar-refractivity contribution in [1.29, 1.82) is 0 Å². The molecule has 1 atom stereocenters. The van der Waals surface area contributed by atoms with Crippen molar-refractivity contribution in [2.45, 2.75) is 19.5 Å². The number of hydroxylamine groups is 2. The number of amides is 1. The second-order valence-corrected chi connectivity index (χ2v) is 3.33. The van der Waals surface area contributed by atoms with Crippen molar-refractivity contribution in [2.24, 2.45) is 5.73 Å². The molecule has 0 saturated carbocycles. The highest BCUT2D eigenvalue weighted by atomic mass is 16.7. The molecule has 4 nitrogen and oxygen atoms in total. The maximum Gasteiger partial charge on any atom is 0.263 e. The molecule has 0 bridgehead atoms. The van der Waals surface area contributed by atoms with Crippen molar-refractivity contribution in [3.8, 4) is 0 Å². The molecule has 0 aromatic heterocycles. The van der Waals surface area contributed by atoms with E-state index in [9.17, 15) is 4.79 Å². The third-order valence-corrected chi connectivity index (χ3v) is 2.02. The second kappa shape index (κ2) is 5.48. The Labute approximate surface area is 89.6 Å². The lowest BCUT2D eigenvalue weighted by Crippen LogP contribution is -2.40. The van der Waals surface area contributed by atoms with Crippen LogP contribution in [-0.2, 0) is 16.2 Å². The van der Waals surface area contributed by atoms with E-state index in [4.69, 9.17) is 10.6 Å². The molecular weight excluding hydrogens is 192 g/mol. The lowest BCUT2D eigenvalue weighted by atomic mass is 10.2. The van der Waals surface area contributed by atoms with Gasteiger partial charge in [0.15, 0.2) is 0 Å². The summed E-state index contributed by atoms with van der Waals surface area (Å²) >= 11 is 0. The normalized spacial score (nSPS) is 12.2. The number of carbonyl (C=O) groups excluding carboxylic acids is 1. The van der Waals surface area contributed by atoms with E-state index in [1.807, 2.05) is 30.3 Å². The van der Waals surface area contributed by atoms with E-state index in [-0.39, 0.29) is 5.91 Å². The van der Waals surface area contributed by atoms with E-state index in [1.165, 1.54) is 12.2 Å². The average molecular weight is 208 g/mol. The van der Waals surface area contributed by atoms with Crippen molar-refractivity contribution >= 4 is 5.91 Å². The van der Waals surface area contributed by atoms with Gasteiger partial charge in [0.2, 0.25) is 0 Å². The Morgan fingerprint density at radius 1 is 1.47 bits per heavy atom. The Bertz CT molecular complexity index is 312. The zero-order valence-corrected chi connectivity index (χ0v) is 9.01. The first-order valence-corrected chi connectivity index (χ1v) is 4.80. The second-order valence-electron chi connectivity index (χ2n) is 3.33. The molecule has 0 aliphatic rings. The Kier molecular flexibility index (Phi) is 4.27. The van der Waals surface area contributed by atoms with Crippen LogP contribution in [-0.4, -0.2) is 24.1 Å². The van der Waals surface area contributed by atoms with Crippen molar-refractivity contribution in [3.05, 3.63) is 35.9 Å². The van der Waals surface area contributed by atoms with E-state index >= 15 is 0 Å². The van der Waals surface area contributed by atoms with Gasteiger partial charge in [0, 0.05) is 0 Å². The molecule has 0 saturated heterocycles. The Morgan fingerprint density at radius 2 is 2.07 bits per heavy atom. The first-order chi connectivity index (χ1) is 7.15. The number of nitrogens with zero attached hydrogens (tertiary/aromatic N) is 1. The van der Waals surface area contributed by atoms with Gasteiger partial charge in [-0.2, -0.15) is 0 Å². The molecule has 0 unspecified atom stereocenters. The Hall–Kier alpha value is -1.39. The lowest BCUT2D eigenvalue weighted by molar-refractivity contribution is -0.180. The number of nitrogens with two attached hydrogens (primary N) is 1. The molecule has 1 rings (SSSR count). The quantitative estimate of drug-likeness (QED) is 0.749. The van der Waals surface area contributed by atoms with Crippen molar-refractivity contribution in [1.82, 2.24) is 5.06 Å². The fraction of sp³-hybridized carbons (Fsp3) is 0.364. The molecule has 4 heteroatoms. The molecule has 1 aromatic carbocycles. The van der Waals surface area contributed by atoms with Crippen LogP contribution in [0.5, 0.6) is 0 Å². The molecule has 1 aromatic rings. The Morgan fingerprint density at radius 3 is 2.53 bits per heavy atom. The zero-order chi connectivity index (χ0) is 11.3. The van der Waals surface area contributed by atoms with Gasteiger partial charge in [-0.25, -0.2) is 5.06 Å². The number of hydrogen-bond acceptors (Lipinski definition) is 3. The van der Waals surface area contributed by atoms with Crippen LogP contribution in [0.25, 0.3) is 0 Å². The highest BCUT2D eigenvalue weighted by molar-refractivity contribution is 5.80. The SMILES string of the molecule is CON(Cc1ccccc1)C(=O)[C@@H](C)N. The van der Waals surface area contributed by atoms with Gasteiger partial charge in [-0.15, -0.1) is 0 Å². The minimum absolute atomic E-state index is 0.221. The van der Waals surface area contributed by atoms with Crippen LogP contribution in [0.4, 0.5) is 0 Å². The molecule has 2 N–H and O–H groups in total. The molecular formula is C11H16N2O2. The summed E-state index contributed by atoms with van der Waals surface area (Å²) in [5, 5.41) is 1.26. The molecule has 0 radical (unpaired) electrons. The minimum atomic E-state index is -0.548. The van der Waals surface area contributed by atoms with E-state index in [0.717, 1.165) is 5.56 Å². The predicted octanol–water partition coefficient (Wildman–Crippen LogP) is 0.924. The van der Waals surface area contributed by atoms with E-state index in [0.29, 0.717) is 6.54 Å². The molecule has 1 amide bonds. The number of hydrogen-bond donors (Lipinski definition) is 1. The summed E-state index contributed by atoms with van der Waals surface area (Å²) in [5.41, 5.74) is 6.50. The van der Waals surface area contributed by atoms with Crippen molar-refractivity contribution in [2.75, 3.05) is 7.11 Å². The molecule has 15 heavy (non-hydrogen) atoms. The fourth-order valence-corrected chi connectivity index (χ4v) is 1.21. The predicted molar refractivity (Wildman–Crippen MR) is 57.7 cm³/mol. The summed E-state index contributed by atoms with van der Waals surface area (Å²) < 4.78 is 0. The monoisotopic (exact) mass is 208 g/mol. The van der Waals surface area contributed by atoms with Gasteiger partial charge in [-0.1, -0.05) is 30.3 Å². The summed E-state index contributed by atoms with van der Waals surface area (Å²) in [5.74, 6) is -0.221. The van der Waals surface area contributed by atoms with Crippen LogP contribution in [0.1, 0.15) is 12.5 Å². The van der Waals surface area contributed by atoms with Crippen molar-refractivity contribution < 1.29 is 9.63 Å². The first kappa shape index (κ1) is 11.7. The Balaban J connectivity index is 2.66. The van der Waals surface area contributed by atoms with Crippen LogP contribution in [0, 0.1) is 0 Å². The first-order valence-electron chi connectivity index (χ1n) is 4.80. The number of carbonyl (C=O) groups is 1. The summed E-state index contributed by atoms with van der Waals surface area (Å²) in [6, 6.07) is 9.07. The van der Waals surface area contributed by atoms with Gasteiger partial charge in [0.1, 0.15) is 0 Å².